The second kappa shape index (κ2) is 10.3. The number of benzene rings is 4. The first-order chi connectivity index (χ1) is 20.5. The molecule has 3 heterocycles. The number of carbonyl (C=O) groups is 3. The number of nitrogens with zero attached hydrogens (tertiary/aromatic N) is 2. The van der Waals surface area contributed by atoms with Crippen LogP contribution in [0.5, 0.6) is 0 Å². The molecule has 4 aromatic carbocycles. The van der Waals surface area contributed by atoms with Gasteiger partial charge in [0.15, 0.2) is 0 Å². The van der Waals surface area contributed by atoms with E-state index in [1.54, 1.807) is 41.3 Å². The van der Waals surface area contributed by atoms with Crippen molar-refractivity contribution in [3.8, 4) is 0 Å². The van der Waals surface area contributed by atoms with Crippen molar-refractivity contribution in [3.05, 3.63) is 137 Å². The minimum atomic E-state index is -0.784. The van der Waals surface area contributed by atoms with E-state index in [1.165, 1.54) is 12.1 Å². The van der Waals surface area contributed by atoms with Gasteiger partial charge in [-0.3, -0.25) is 14.5 Å². The van der Waals surface area contributed by atoms with Crippen molar-refractivity contribution in [2.24, 2.45) is 0 Å². The van der Waals surface area contributed by atoms with Crippen LogP contribution in [-0.2, 0) is 17.6 Å². The van der Waals surface area contributed by atoms with Gasteiger partial charge in [0.25, 0.3) is 11.8 Å². The van der Waals surface area contributed by atoms with Crippen molar-refractivity contribution < 1.29 is 18.8 Å². The minimum absolute atomic E-state index is 0.241. The highest BCUT2D eigenvalue weighted by atomic mass is 19.1. The van der Waals surface area contributed by atoms with Crippen LogP contribution in [0.4, 0.5) is 14.9 Å². The van der Waals surface area contributed by atoms with Crippen molar-refractivity contribution in [1.82, 2.24) is 15.2 Å². The Kier molecular flexibility index (Phi) is 6.31. The summed E-state index contributed by atoms with van der Waals surface area (Å²) in [5, 5.41) is 3.91. The van der Waals surface area contributed by atoms with Gasteiger partial charge in [-0.05, 0) is 53.4 Å². The number of imide groups is 1. The summed E-state index contributed by atoms with van der Waals surface area (Å²) in [5.41, 5.74) is 4.93. The summed E-state index contributed by atoms with van der Waals surface area (Å²) in [5.74, 6) is -1.15. The number of amides is 4. The summed E-state index contributed by atoms with van der Waals surface area (Å²) < 4.78 is 13.9. The molecule has 0 radical (unpaired) electrons. The van der Waals surface area contributed by atoms with Gasteiger partial charge in [-0.25, -0.2) is 14.1 Å². The Balaban J connectivity index is 1.25. The van der Waals surface area contributed by atoms with Gasteiger partial charge in [0.05, 0.1) is 11.3 Å². The third-order valence-corrected chi connectivity index (χ3v) is 8.17. The normalized spacial score (nSPS) is 17.8. The van der Waals surface area contributed by atoms with Gasteiger partial charge < -0.3 is 10.3 Å². The third-order valence-electron chi connectivity index (χ3n) is 8.17. The number of hydrogen-bond donors (Lipinski definition) is 2. The van der Waals surface area contributed by atoms with Gasteiger partial charge in [0.2, 0.25) is 0 Å². The second-order valence-corrected chi connectivity index (χ2v) is 10.6. The SMILES string of the molecule is O=C(NCCc1ccccc1)c1ccccc1N1C(=O)[C@@H]2Cc3c([nH]c4ccccc34)[C@H](c3ccc(F)cc3)N2C1=O. The Morgan fingerprint density at radius 3 is 2.40 bits per heavy atom. The molecule has 208 valence electrons. The summed E-state index contributed by atoms with van der Waals surface area (Å²) in [7, 11) is 0. The highest BCUT2D eigenvalue weighted by Crippen LogP contribution is 2.45. The molecule has 2 atom stereocenters. The van der Waals surface area contributed by atoms with E-state index in [0.29, 0.717) is 24.9 Å². The first-order valence-corrected chi connectivity index (χ1v) is 13.9. The smallest absolute Gasteiger partial charge is 0.332 e. The van der Waals surface area contributed by atoms with Crippen molar-refractivity contribution >= 4 is 34.4 Å². The average Bonchev–Trinajstić information content (AvgIpc) is 3.51. The summed E-state index contributed by atoms with van der Waals surface area (Å²) in [4.78, 5) is 47.8. The van der Waals surface area contributed by atoms with Gasteiger partial charge in [0, 0.05) is 29.6 Å². The van der Waals surface area contributed by atoms with Crippen LogP contribution in [0.3, 0.4) is 0 Å². The van der Waals surface area contributed by atoms with Crippen LogP contribution in [0.25, 0.3) is 10.9 Å². The number of carbonyl (C=O) groups excluding carboxylic acids is 3. The Morgan fingerprint density at radius 2 is 1.60 bits per heavy atom. The lowest BCUT2D eigenvalue weighted by Crippen LogP contribution is -2.44. The Bertz CT molecular complexity index is 1830. The van der Waals surface area contributed by atoms with Gasteiger partial charge >= 0.3 is 6.03 Å². The molecule has 2 aliphatic heterocycles. The number of fused-ring (bicyclic) bond motifs is 4. The van der Waals surface area contributed by atoms with Gasteiger partial charge in [-0.2, -0.15) is 0 Å². The first kappa shape index (κ1) is 25.7. The highest BCUT2D eigenvalue weighted by molar-refractivity contribution is 6.24. The van der Waals surface area contributed by atoms with Crippen LogP contribution in [0.1, 0.15) is 38.8 Å². The number of nitrogens with one attached hydrogen (secondary N) is 2. The number of urea groups is 1. The number of rotatable bonds is 6. The van der Waals surface area contributed by atoms with E-state index in [9.17, 15) is 18.8 Å². The zero-order chi connectivity index (χ0) is 28.8. The maximum Gasteiger partial charge on any atom is 0.332 e. The molecule has 7 nitrogen and oxygen atoms in total. The van der Waals surface area contributed by atoms with E-state index < -0.39 is 24.0 Å². The third kappa shape index (κ3) is 4.23. The largest absolute Gasteiger partial charge is 0.356 e. The lowest BCUT2D eigenvalue weighted by atomic mass is 9.89. The highest BCUT2D eigenvalue weighted by Gasteiger charge is 2.53. The van der Waals surface area contributed by atoms with Crippen LogP contribution in [0, 0.1) is 5.82 Å². The molecule has 42 heavy (non-hydrogen) atoms. The predicted molar refractivity (Wildman–Crippen MR) is 158 cm³/mol. The van der Waals surface area contributed by atoms with Crippen LogP contribution in [0.15, 0.2) is 103 Å². The zero-order valence-electron chi connectivity index (χ0n) is 22.6. The molecular weight excluding hydrogens is 531 g/mol. The van der Waals surface area contributed by atoms with Crippen LogP contribution < -0.4 is 10.2 Å². The van der Waals surface area contributed by atoms with E-state index in [4.69, 9.17) is 0 Å². The molecule has 2 N–H and O–H groups in total. The Hall–Kier alpha value is -5.24. The fraction of sp³-hybridized carbons (Fsp3) is 0.147. The van der Waals surface area contributed by atoms with E-state index in [1.807, 2.05) is 54.6 Å². The molecule has 0 spiro atoms. The Morgan fingerprint density at radius 1 is 0.881 bits per heavy atom. The van der Waals surface area contributed by atoms with E-state index >= 15 is 0 Å². The lowest BCUT2D eigenvalue weighted by molar-refractivity contribution is -0.120. The first-order valence-electron chi connectivity index (χ1n) is 13.9. The summed E-state index contributed by atoms with van der Waals surface area (Å²) in [6.45, 7) is 0.405. The molecule has 7 rings (SSSR count). The zero-order valence-corrected chi connectivity index (χ0v) is 22.6. The van der Waals surface area contributed by atoms with E-state index in [2.05, 4.69) is 10.3 Å². The second-order valence-electron chi connectivity index (χ2n) is 10.6. The molecule has 0 bridgehead atoms. The molecule has 4 amide bonds. The van der Waals surface area contributed by atoms with Gasteiger partial charge in [-0.15, -0.1) is 0 Å². The van der Waals surface area contributed by atoms with Gasteiger partial charge in [0.1, 0.15) is 17.9 Å². The number of aromatic nitrogens is 1. The van der Waals surface area contributed by atoms with Crippen LogP contribution >= 0.6 is 0 Å². The Labute approximate surface area is 241 Å². The van der Waals surface area contributed by atoms with Crippen molar-refractivity contribution in [1.29, 1.82) is 0 Å². The molecule has 0 aliphatic carbocycles. The number of hydrogen-bond acceptors (Lipinski definition) is 3. The summed E-state index contributed by atoms with van der Waals surface area (Å²) >= 11 is 0. The maximum atomic E-state index is 14.2. The van der Waals surface area contributed by atoms with Crippen molar-refractivity contribution in [2.75, 3.05) is 11.4 Å². The fourth-order valence-corrected chi connectivity index (χ4v) is 6.21. The topological polar surface area (TPSA) is 85.5 Å². The molecule has 8 heteroatoms. The molecule has 1 aromatic heterocycles. The average molecular weight is 559 g/mol. The summed E-state index contributed by atoms with van der Waals surface area (Å²) in [6.07, 6.45) is 0.973. The molecule has 1 fully saturated rings. The molecule has 0 saturated carbocycles. The van der Waals surface area contributed by atoms with Crippen molar-refractivity contribution in [3.63, 3.8) is 0 Å². The maximum absolute atomic E-state index is 14.2. The standard InChI is InChI=1S/C34H27FN4O3/c35-23-16-14-22(15-17-23)31-30-26(24-10-4-6-12-27(24)37-30)20-29-33(41)39(34(42)38(29)31)28-13-7-5-11-25(28)32(40)36-19-18-21-8-2-1-3-9-21/h1-17,29,31,37H,18-20H2,(H,36,40)/t29-,31-/m0/s1. The van der Waals surface area contributed by atoms with Crippen LogP contribution in [0.2, 0.25) is 0 Å². The number of para-hydroxylation sites is 2. The monoisotopic (exact) mass is 558 g/mol. The number of anilines is 1. The molecule has 1 saturated heterocycles. The molecule has 0 unspecified atom stereocenters. The predicted octanol–water partition coefficient (Wildman–Crippen LogP) is 5.76. The molecule has 2 aliphatic rings. The number of halogens is 1. The molecule has 5 aromatic rings. The van der Waals surface area contributed by atoms with Gasteiger partial charge in [-0.1, -0.05) is 72.8 Å². The van der Waals surface area contributed by atoms with Crippen molar-refractivity contribution in [2.45, 2.75) is 24.9 Å². The number of H-pyrrole nitrogens is 1. The fourth-order valence-electron chi connectivity index (χ4n) is 6.21. The quantitative estimate of drug-likeness (QED) is 0.260. The van der Waals surface area contributed by atoms with E-state index in [-0.39, 0.29) is 23.0 Å². The minimum Gasteiger partial charge on any atom is -0.356 e. The summed E-state index contributed by atoms with van der Waals surface area (Å²) in [6, 6.07) is 28.4. The molecular formula is C34H27FN4O3. The van der Waals surface area contributed by atoms with Crippen LogP contribution in [-0.4, -0.2) is 40.3 Å². The van der Waals surface area contributed by atoms with E-state index in [0.717, 1.165) is 32.6 Å². The lowest BCUT2D eigenvalue weighted by Gasteiger charge is -2.36. The number of aromatic amines is 1.